The maximum Gasteiger partial charge on any atom is 0.00416 e. The van der Waals surface area contributed by atoms with E-state index in [4.69, 9.17) is 0 Å². The molecule has 1 rings (SSSR count). The Morgan fingerprint density at radius 3 is 2.55 bits per heavy atom. The van der Waals surface area contributed by atoms with Crippen molar-refractivity contribution in [3.8, 4) is 0 Å². The SMILES string of the molecule is C=CC(C)CN1CCCCC1. The molecule has 0 aliphatic carbocycles. The minimum absolute atomic E-state index is 0.660. The summed E-state index contributed by atoms with van der Waals surface area (Å²) in [6.07, 6.45) is 6.27. The number of likely N-dealkylation sites (tertiary alicyclic amines) is 1. The Balaban J connectivity index is 2.18. The Kier molecular flexibility index (Phi) is 3.64. The fourth-order valence-corrected chi connectivity index (χ4v) is 1.62. The van der Waals surface area contributed by atoms with Gasteiger partial charge >= 0.3 is 0 Å². The number of nitrogens with zero attached hydrogens (tertiary/aromatic N) is 1. The Bertz CT molecular complexity index is 114. The Morgan fingerprint density at radius 1 is 1.36 bits per heavy atom. The molecule has 1 atom stereocenters. The molecule has 0 aromatic heterocycles. The van der Waals surface area contributed by atoms with Gasteiger partial charge in [0.1, 0.15) is 0 Å². The maximum atomic E-state index is 3.80. The minimum atomic E-state index is 0.660. The summed E-state index contributed by atoms with van der Waals surface area (Å²) >= 11 is 0. The summed E-state index contributed by atoms with van der Waals surface area (Å²) in [4.78, 5) is 2.55. The smallest absolute Gasteiger partial charge is 0.00416 e. The quantitative estimate of drug-likeness (QED) is 0.562. The first-order chi connectivity index (χ1) is 5.33. The van der Waals surface area contributed by atoms with Crippen LogP contribution >= 0.6 is 0 Å². The lowest BCUT2D eigenvalue weighted by Crippen LogP contribution is -2.32. The van der Waals surface area contributed by atoms with Crippen molar-refractivity contribution in [2.24, 2.45) is 5.92 Å². The van der Waals surface area contributed by atoms with Gasteiger partial charge in [-0.05, 0) is 31.8 Å². The Labute approximate surface area is 70.1 Å². The molecule has 0 aromatic rings. The predicted octanol–water partition coefficient (Wildman–Crippen LogP) is 2.29. The van der Waals surface area contributed by atoms with Crippen LogP contribution in [0.2, 0.25) is 0 Å². The molecule has 1 aliphatic rings. The summed E-state index contributed by atoms with van der Waals surface area (Å²) in [5.41, 5.74) is 0. The zero-order valence-corrected chi connectivity index (χ0v) is 7.55. The molecular formula is C10H19N. The van der Waals surface area contributed by atoms with Gasteiger partial charge in [-0.15, -0.1) is 6.58 Å². The van der Waals surface area contributed by atoms with Gasteiger partial charge in [0.25, 0.3) is 0 Å². The van der Waals surface area contributed by atoms with Crippen molar-refractivity contribution in [1.82, 2.24) is 4.90 Å². The van der Waals surface area contributed by atoms with E-state index in [1.54, 1.807) is 0 Å². The van der Waals surface area contributed by atoms with Gasteiger partial charge in [-0.2, -0.15) is 0 Å². The van der Waals surface area contributed by atoms with Gasteiger partial charge in [-0.25, -0.2) is 0 Å². The topological polar surface area (TPSA) is 3.24 Å². The predicted molar refractivity (Wildman–Crippen MR) is 49.7 cm³/mol. The molecule has 0 spiro atoms. The van der Waals surface area contributed by atoms with Gasteiger partial charge in [0.15, 0.2) is 0 Å². The van der Waals surface area contributed by atoms with Crippen molar-refractivity contribution in [1.29, 1.82) is 0 Å². The number of hydrogen-bond acceptors (Lipinski definition) is 1. The second-order valence-electron chi connectivity index (χ2n) is 3.57. The van der Waals surface area contributed by atoms with E-state index in [0.717, 1.165) is 0 Å². The molecule has 1 nitrogen and oxygen atoms in total. The van der Waals surface area contributed by atoms with E-state index in [0.29, 0.717) is 5.92 Å². The maximum absolute atomic E-state index is 3.80. The summed E-state index contributed by atoms with van der Waals surface area (Å²) in [5.74, 6) is 0.660. The highest BCUT2D eigenvalue weighted by atomic mass is 15.1. The van der Waals surface area contributed by atoms with Crippen LogP contribution in [0.3, 0.4) is 0 Å². The highest BCUT2D eigenvalue weighted by Gasteiger charge is 2.10. The molecule has 1 heteroatoms. The van der Waals surface area contributed by atoms with Crippen LogP contribution in [-0.2, 0) is 0 Å². The van der Waals surface area contributed by atoms with Gasteiger partial charge in [0.05, 0.1) is 0 Å². The molecule has 0 saturated carbocycles. The first-order valence-electron chi connectivity index (χ1n) is 4.68. The van der Waals surface area contributed by atoms with Crippen LogP contribution in [0.15, 0.2) is 12.7 Å². The van der Waals surface area contributed by atoms with Crippen molar-refractivity contribution in [2.45, 2.75) is 26.2 Å². The van der Waals surface area contributed by atoms with Crippen molar-refractivity contribution >= 4 is 0 Å². The lowest BCUT2D eigenvalue weighted by molar-refractivity contribution is 0.213. The highest BCUT2D eigenvalue weighted by molar-refractivity contribution is 4.78. The van der Waals surface area contributed by atoms with Gasteiger partial charge < -0.3 is 4.90 Å². The number of hydrogen-bond donors (Lipinski definition) is 0. The van der Waals surface area contributed by atoms with Crippen LogP contribution in [0, 0.1) is 5.92 Å². The fourth-order valence-electron chi connectivity index (χ4n) is 1.62. The molecule has 0 amide bonds. The average molecular weight is 153 g/mol. The van der Waals surface area contributed by atoms with Crippen LogP contribution in [0.1, 0.15) is 26.2 Å². The Morgan fingerprint density at radius 2 is 2.00 bits per heavy atom. The van der Waals surface area contributed by atoms with Crippen LogP contribution < -0.4 is 0 Å². The molecule has 0 N–H and O–H groups in total. The summed E-state index contributed by atoms with van der Waals surface area (Å²) in [6.45, 7) is 9.86. The van der Waals surface area contributed by atoms with Crippen molar-refractivity contribution in [2.75, 3.05) is 19.6 Å². The third-order valence-electron chi connectivity index (χ3n) is 2.40. The van der Waals surface area contributed by atoms with Crippen LogP contribution in [0.5, 0.6) is 0 Å². The zero-order valence-electron chi connectivity index (χ0n) is 7.55. The number of piperidine rings is 1. The van der Waals surface area contributed by atoms with E-state index >= 15 is 0 Å². The lowest BCUT2D eigenvalue weighted by atomic mass is 10.1. The monoisotopic (exact) mass is 153 g/mol. The van der Waals surface area contributed by atoms with Crippen molar-refractivity contribution in [3.63, 3.8) is 0 Å². The molecule has 1 unspecified atom stereocenters. The highest BCUT2D eigenvalue weighted by Crippen LogP contribution is 2.10. The summed E-state index contributed by atoms with van der Waals surface area (Å²) < 4.78 is 0. The third-order valence-corrected chi connectivity index (χ3v) is 2.40. The van der Waals surface area contributed by atoms with E-state index in [2.05, 4.69) is 24.5 Å². The molecule has 1 heterocycles. The van der Waals surface area contributed by atoms with Crippen LogP contribution in [0.4, 0.5) is 0 Å². The molecule has 11 heavy (non-hydrogen) atoms. The van der Waals surface area contributed by atoms with Crippen LogP contribution in [-0.4, -0.2) is 24.5 Å². The van der Waals surface area contributed by atoms with Crippen LogP contribution in [0.25, 0.3) is 0 Å². The van der Waals surface area contributed by atoms with E-state index in [1.165, 1.54) is 38.9 Å². The molecule has 1 aliphatic heterocycles. The average Bonchev–Trinajstić information content (AvgIpc) is 2.06. The Hall–Kier alpha value is -0.300. The molecule has 64 valence electrons. The zero-order chi connectivity index (χ0) is 8.10. The lowest BCUT2D eigenvalue weighted by Gasteiger charge is -2.27. The van der Waals surface area contributed by atoms with Gasteiger partial charge in [-0.1, -0.05) is 19.4 Å². The molecule has 0 aromatic carbocycles. The van der Waals surface area contributed by atoms with E-state index in [9.17, 15) is 0 Å². The largest absolute Gasteiger partial charge is 0.303 e. The molecule has 0 radical (unpaired) electrons. The van der Waals surface area contributed by atoms with Crippen molar-refractivity contribution < 1.29 is 0 Å². The summed E-state index contributed by atoms with van der Waals surface area (Å²) in [6, 6.07) is 0. The second-order valence-corrected chi connectivity index (χ2v) is 3.57. The first kappa shape index (κ1) is 8.79. The van der Waals surface area contributed by atoms with E-state index in [-0.39, 0.29) is 0 Å². The van der Waals surface area contributed by atoms with Gasteiger partial charge in [-0.3, -0.25) is 0 Å². The van der Waals surface area contributed by atoms with E-state index in [1.807, 2.05) is 0 Å². The molecule has 0 bridgehead atoms. The first-order valence-corrected chi connectivity index (χ1v) is 4.68. The fraction of sp³-hybridized carbons (Fsp3) is 0.800. The third kappa shape index (κ3) is 3.06. The summed E-state index contributed by atoms with van der Waals surface area (Å²) in [5, 5.41) is 0. The van der Waals surface area contributed by atoms with E-state index < -0.39 is 0 Å². The second kappa shape index (κ2) is 4.55. The molecule has 1 saturated heterocycles. The van der Waals surface area contributed by atoms with Gasteiger partial charge in [0.2, 0.25) is 0 Å². The summed E-state index contributed by atoms with van der Waals surface area (Å²) in [7, 11) is 0. The number of rotatable bonds is 3. The molecular weight excluding hydrogens is 134 g/mol. The standard InChI is InChI=1S/C10H19N/c1-3-10(2)9-11-7-5-4-6-8-11/h3,10H,1,4-9H2,2H3. The minimum Gasteiger partial charge on any atom is -0.303 e. The van der Waals surface area contributed by atoms with Gasteiger partial charge in [0, 0.05) is 6.54 Å². The molecule has 1 fully saturated rings. The normalized spacial score (nSPS) is 23.0. The van der Waals surface area contributed by atoms with Crippen molar-refractivity contribution in [3.05, 3.63) is 12.7 Å².